The van der Waals surface area contributed by atoms with Crippen LogP contribution in [0.3, 0.4) is 0 Å². The second kappa shape index (κ2) is 5.96. The van der Waals surface area contributed by atoms with Crippen LogP contribution in [0.2, 0.25) is 0 Å². The summed E-state index contributed by atoms with van der Waals surface area (Å²) in [7, 11) is -0.639. The standard InChI is InChI=1S/C12H22N2O2S/c1-2-6-13-11-3-7-14(12(11)15)10-4-8-17(16)9-5-10/h10-11,13H,2-9H2,1H3. The first-order valence-corrected chi connectivity index (χ1v) is 8.10. The van der Waals surface area contributed by atoms with Crippen molar-refractivity contribution in [3.63, 3.8) is 0 Å². The van der Waals surface area contributed by atoms with E-state index in [2.05, 4.69) is 12.2 Å². The van der Waals surface area contributed by atoms with Crippen LogP contribution in [-0.2, 0) is 15.6 Å². The number of hydrogen-bond donors (Lipinski definition) is 1. The van der Waals surface area contributed by atoms with Gasteiger partial charge in [-0.05, 0) is 32.2 Å². The lowest BCUT2D eigenvalue weighted by molar-refractivity contribution is -0.131. The molecule has 0 aromatic rings. The van der Waals surface area contributed by atoms with Crippen molar-refractivity contribution in [1.82, 2.24) is 10.2 Å². The molecule has 2 rings (SSSR count). The zero-order valence-corrected chi connectivity index (χ0v) is 11.3. The lowest BCUT2D eigenvalue weighted by atomic mass is 10.1. The van der Waals surface area contributed by atoms with Crippen molar-refractivity contribution >= 4 is 16.7 Å². The third-order valence-corrected chi connectivity index (χ3v) is 5.06. The molecule has 1 N–H and O–H groups in total. The van der Waals surface area contributed by atoms with Gasteiger partial charge in [-0.15, -0.1) is 0 Å². The van der Waals surface area contributed by atoms with Gasteiger partial charge >= 0.3 is 0 Å². The molecule has 0 spiro atoms. The molecular formula is C12H22N2O2S. The largest absolute Gasteiger partial charge is 0.338 e. The van der Waals surface area contributed by atoms with E-state index in [0.29, 0.717) is 6.04 Å². The molecule has 0 radical (unpaired) electrons. The monoisotopic (exact) mass is 258 g/mol. The molecule has 0 aliphatic carbocycles. The summed E-state index contributed by atoms with van der Waals surface area (Å²) >= 11 is 0. The minimum atomic E-state index is -0.639. The van der Waals surface area contributed by atoms with Crippen molar-refractivity contribution in [2.45, 2.75) is 44.7 Å². The van der Waals surface area contributed by atoms with Gasteiger partial charge in [0.05, 0.1) is 6.04 Å². The maximum absolute atomic E-state index is 12.2. The minimum absolute atomic E-state index is 0.0300. The second-order valence-electron chi connectivity index (χ2n) is 4.91. The van der Waals surface area contributed by atoms with Crippen LogP contribution in [0.15, 0.2) is 0 Å². The molecule has 2 fully saturated rings. The van der Waals surface area contributed by atoms with Gasteiger partial charge < -0.3 is 10.2 Å². The highest BCUT2D eigenvalue weighted by atomic mass is 32.2. The van der Waals surface area contributed by atoms with Crippen molar-refractivity contribution in [2.75, 3.05) is 24.6 Å². The maximum atomic E-state index is 12.2. The fraction of sp³-hybridized carbons (Fsp3) is 0.917. The Morgan fingerprint density at radius 2 is 2.06 bits per heavy atom. The molecule has 1 atom stereocenters. The van der Waals surface area contributed by atoms with Gasteiger partial charge in [0.2, 0.25) is 5.91 Å². The van der Waals surface area contributed by atoms with Gasteiger partial charge in [0.25, 0.3) is 0 Å². The van der Waals surface area contributed by atoms with Crippen molar-refractivity contribution in [3.05, 3.63) is 0 Å². The summed E-state index contributed by atoms with van der Waals surface area (Å²) in [6.45, 7) is 3.90. The minimum Gasteiger partial charge on any atom is -0.338 e. The van der Waals surface area contributed by atoms with Gasteiger partial charge in [-0.1, -0.05) is 6.92 Å². The smallest absolute Gasteiger partial charge is 0.240 e. The van der Waals surface area contributed by atoms with Gasteiger partial charge in [-0.25, -0.2) is 0 Å². The number of rotatable bonds is 4. The lowest BCUT2D eigenvalue weighted by Crippen LogP contribution is -2.45. The first-order valence-electron chi connectivity index (χ1n) is 6.61. The predicted octanol–water partition coefficient (Wildman–Crippen LogP) is 0.498. The first-order chi connectivity index (χ1) is 8.22. The molecule has 0 aromatic heterocycles. The quantitative estimate of drug-likeness (QED) is 0.799. The number of nitrogens with one attached hydrogen (secondary N) is 1. The molecular weight excluding hydrogens is 236 g/mol. The van der Waals surface area contributed by atoms with Gasteiger partial charge in [-0.3, -0.25) is 9.00 Å². The fourth-order valence-electron chi connectivity index (χ4n) is 2.67. The van der Waals surface area contributed by atoms with E-state index in [9.17, 15) is 9.00 Å². The molecule has 4 nitrogen and oxygen atoms in total. The molecule has 1 unspecified atom stereocenters. The molecule has 0 bridgehead atoms. The summed E-state index contributed by atoms with van der Waals surface area (Å²) in [5.74, 6) is 1.79. The Morgan fingerprint density at radius 1 is 1.35 bits per heavy atom. The lowest BCUT2D eigenvalue weighted by Gasteiger charge is -2.31. The van der Waals surface area contributed by atoms with Crippen LogP contribution in [0.1, 0.15) is 32.6 Å². The van der Waals surface area contributed by atoms with E-state index in [-0.39, 0.29) is 11.9 Å². The average Bonchev–Trinajstić information content (AvgIpc) is 2.69. The third-order valence-electron chi connectivity index (χ3n) is 3.68. The van der Waals surface area contributed by atoms with E-state index in [1.807, 2.05) is 4.90 Å². The van der Waals surface area contributed by atoms with Gasteiger partial charge in [0, 0.05) is 34.9 Å². The fourth-order valence-corrected chi connectivity index (χ4v) is 3.94. The van der Waals surface area contributed by atoms with E-state index in [4.69, 9.17) is 0 Å². The van der Waals surface area contributed by atoms with Crippen LogP contribution in [0.5, 0.6) is 0 Å². The van der Waals surface area contributed by atoms with Gasteiger partial charge in [0.15, 0.2) is 0 Å². The Hall–Kier alpha value is -0.420. The van der Waals surface area contributed by atoms with E-state index in [1.165, 1.54) is 0 Å². The second-order valence-corrected chi connectivity index (χ2v) is 6.60. The molecule has 98 valence electrons. The van der Waals surface area contributed by atoms with E-state index in [1.54, 1.807) is 0 Å². The first kappa shape index (κ1) is 13.0. The topological polar surface area (TPSA) is 49.4 Å². The average molecular weight is 258 g/mol. The van der Waals surface area contributed by atoms with E-state index >= 15 is 0 Å². The Balaban J connectivity index is 1.86. The van der Waals surface area contributed by atoms with Crippen LogP contribution in [0, 0.1) is 0 Å². The third kappa shape index (κ3) is 3.07. The van der Waals surface area contributed by atoms with Crippen LogP contribution in [0.4, 0.5) is 0 Å². The van der Waals surface area contributed by atoms with Crippen LogP contribution in [-0.4, -0.2) is 51.7 Å². The SMILES string of the molecule is CCCNC1CCN(C2CCS(=O)CC2)C1=O. The van der Waals surface area contributed by atoms with E-state index < -0.39 is 10.8 Å². The number of carbonyl (C=O) groups is 1. The summed E-state index contributed by atoms with van der Waals surface area (Å²) in [6, 6.07) is 0.371. The van der Waals surface area contributed by atoms with Crippen molar-refractivity contribution in [2.24, 2.45) is 0 Å². The summed E-state index contributed by atoms with van der Waals surface area (Å²) < 4.78 is 11.3. The van der Waals surface area contributed by atoms with Crippen LogP contribution in [0.25, 0.3) is 0 Å². The molecule has 17 heavy (non-hydrogen) atoms. The highest BCUT2D eigenvalue weighted by molar-refractivity contribution is 7.85. The number of carbonyl (C=O) groups excluding carboxylic acids is 1. The molecule has 2 heterocycles. The predicted molar refractivity (Wildman–Crippen MR) is 69.3 cm³/mol. The molecule has 2 aliphatic rings. The number of likely N-dealkylation sites (tertiary alicyclic amines) is 1. The zero-order valence-electron chi connectivity index (χ0n) is 10.5. The summed E-state index contributed by atoms with van der Waals surface area (Å²) in [4.78, 5) is 14.2. The van der Waals surface area contributed by atoms with Gasteiger partial charge in [-0.2, -0.15) is 0 Å². The Kier molecular flexibility index (Phi) is 4.56. The van der Waals surface area contributed by atoms with E-state index in [0.717, 1.165) is 50.3 Å². The Morgan fingerprint density at radius 3 is 2.71 bits per heavy atom. The number of hydrogen-bond acceptors (Lipinski definition) is 3. The highest BCUT2D eigenvalue weighted by Gasteiger charge is 2.36. The number of nitrogens with zero attached hydrogens (tertiary/aromatic N) is 1. The zero-order chi connectivity index (χ0) is 12.3. The number of amides is 1. The van der Waals surface area contributed by atoms with Crippen molar-refractivity contribution < 1.29 is 9.00 Å². The molecule has 2 saturated heterocycles. The summed E-state index contributed by atoms with van der Waals surface area (Å²) in [5, 5.41) is 3.31. The van der Waals surface area contributed by atoms with Crippen molar-refractivity contribution in [3.8, 4) is 0 Å². The molecule has 2 aliphatic heterocycles. The van der Waals surface area contributed by atoms with Crippen LogP contribution >= 0.6 is 0 Å². The Labute approximate surface area is 106 Å². The van der Waals surface area contributed by atoms with Crippen molar-refractivity contribution in [1.29, 1.82) is 0 Å². The normalized spacial score (nSPS) is 34.3. The molecule has 0 aromatic carbocycles. The molecule has 0 saturated carbocycles. The molecule has 5 heteroatoms. The maximum Gasteiger partial charge on any atom is 0.240 e. The summed E-state index contributed by atoms with van der Waals surface area (Å²) in [5.41, 5.74) is 0. The summed E-state index contributed by atoms with van der Waals surface area (Å²) in [6.07, 6.45) is 3.82. The highest BCUT2D eigenvalue weighted by Crippen LogP contribution is 2.22. The van der Waals surface area contributed by atoms with Gasteiger partial charge in [0.1, 0.15) is 0 Å². The molecule has 1 amide bonds. The Bertz CT molecular complexity index is 299. The van der Waals surface area contributed by atoms with Crippen LogP contribution < -0.4 is 5.32 Å².